The third-order valence-corrected chi connectivity index (χ3v) is 3.16. The normalized spacial score (nSPS) is 10.9. The fourth-order valence-corrected chi connectivity index (χ4v) is 2.11. The minimum atomic E-state index is -3.59. The van der Waals surface area contributed by atoms with Gasteiger partial charge in [-0.2, -0.15) is 5.26 Å². The lowest BCUT2D eigenvalue weighted by atomic mass is 10.2. The number of anilines is 1. The first-order valence-corrected chi connectivity index (χ1v) is 6.33. The van der Waals surface area contributed by atoms with Crippen molar-refractivity contribution in [3.63, 3.8) is 0 Å². The van der Waals surface area contributed by atoms with Gasteiger partial charge in [0.25, 0.3) is 0 Å². The second kappa shape index (κ2) is 5.61. The second-order valence-electron chi connectivity index (χ2n) is 3.22. The van der Waals surface area contributed by atoms with E-state index in [-0.39, 0.29) is 23.6 Å². The third-order valence-electron chi connectivity index (χ3n) is 1.92. The van der Waals surface area contributed by atoms with E-state index >= 15 is 0 Å². The number of rotatable bonds is 5. The Kier molecular flexibility index (Phi) is 4.43. The number of sulfonamides is 1. The van der Waals surface area contributed by atoms with Gasteiger partial charge in [-0.25, -0.2) is 12.8 Å². The minimum absolute atomic E-state index is 0.0401. The van der Waals surface area contributed by atoms with Gasteiger partial charge in [0.1, 0.15) is 11.9 Å². The summed E-state index contributed by atoms with van der Waals surface area (Å²) in [6.45, 7) is 0.0401. The first-order valence-electron chi connectivity index (χ1n) is 4.67. The van der Waals surface area contributed by atoms with Crippen LogP contribution in [0.15, 0.2) is 18.2 Å². The summed E-state index contributed by atoms with van der Waals surface area (Å²) in [7, 11) is -2.21. The Labute approximate surface area is 98.9 Å². The van der Waals surface area contributed by atoms with Crippen LogP contribution in [-0.4, -0.2) is 27.9 Å². The average molecular weight is 258 g/mol. The number of nitrogens with one attached hydrogen (secondary N) is 1. The van der Waals surface area contributed by atoms with Gasteiger partial charge in [0.2, 0.25) is 10.0 Å². The van der Waals surface area contributed by atoms with E-state index in [4.69, 9.17) is 5.26 Å². The highest BCUT2D eigenvalue weighted by atomic mass is 32.2. The van der Waals surface area contributed by atoms with Gasteiger partial charge < -0.3 is 4.74 Å². The van der Waals surface area contributed by atoms with Gasteiger partial charge in [0, 0.05) is 7.11 Å². The van der Waals surface area contributed by atoms with Crippen LogP contribution in [0.2, 0.25) is 0 Å². The topological polar surface area (TPSA) is 79.2 Å². The molecule has 1 rings (SSSR count). The van der Waals surface area contributed by atoms with Gasteiger partial charge >= 0.3 is 0 Å². The summed E-state index contributed by atoms with van der Waals surface area (Å²) in [4.78, 5) is 0. The zero-order chi connectivity index (χ0) is 12.9. The summed E-state index contributed by atoms with van der Waals surface area (Å²) >= 11 is 0. The average Bonchev–Trinajstić information content (AvgIpc) is 2.28. The fraction of sp³-hybridized carbons (Fsp3) is 0.300. The maximum absolute atomic E-state index is 12.8. The molecule has 0 radical (unpaired) electrons. The first kappa shape index (κ1) is 13.4. The predicted molar refractivity (Wildman–Crippen MR) is 60.4 cm³/mol. The third kappa shape index (κ3) is 4.01. The smallest absolute Gasteiger partial charge is 0.235 e. The number of nitrogens with zero attached hydrogens (tertiary/aromatic N) is 1. The molecule has 0 amide bonds. The highest BCUT2D eigenvalue weighted by Crippen LogP contribution is 2.17. The molecule has 0 aliphatic carbocycles. The van der Waals surface area contributed by atoms with E-state index in [1.54, 1.807) is 6.07 Å². The summed E-state index contributed by atoms with van der Waals surface area (Å²) in [6.07, 6.45) is 0. The molecule has 92 valence electrons. The van der Waals surface area contributed by atoms with Crippen LogP contribution in [0.4, 0.5) is 10.1 Å². The molecule has 17 heavy (non-hydrogen) atoms. The molecule has 0 atom stereocenters. The van der Waals surface area contributed by atoms with Crippen molar-refractivity contribution in [2.24, 2.45) is 0 Å². The lowest BCUT2D eigenvalue weighted by molar-refractivity contribution is 0.217. The Hall–Kier alpha value is -1.65. The van der Waals surface area contributed by atoms with Crippen LogP contribution in [-0.2, 0) is 14.8 Å². The highest BCUT2D eigenvalue weighted by molar-refractivity contribution is 7.92. The molecular weight excluding hydrogens is 247 g/mol. The Morgan fingerprint density at radius 3 is 2.82 bits per heavy atom. The van der Waals surface area contributed by atoms with Crippen molar-refractivity contribution in [3.8, 4) is 6.07 Å². The van der Waals surface area contributed by atoms with E-state index in [2.05, 4.69) is 9.46 Å². The second-order valence-corrected chi connectivity index (χ2v) is 5.06. The van der Waals surface area contributed by atoms with Gasteiger partial charge in [0.15, 0.2) is 0 Å². The van der Waals surface area contributed by atoms with Crippen LogP contribution >= 0.6 is 0 Å². The van der Waals surface area contributed by atoms with Crippen LogP contribution in [0, 0.1) is 17.1 Å². The lowest BCUT2D eigenvalue weighted by Crippen LogP contribution is -2.20. The molecule has 0 fully saturated rings. The largest absolute Gasteiger partial charge is 0.384 e. The Morgan fingerprint density at radius 1 is 1.53 bits per heavy atom. The maximum Gasteiger partial charge on any atom is 0.235 e. The van der Waals surface area contributed by atoms with Crippen molar-refractivity contribution in [2.75, 3.05) is 24.2 Å². The molecule has 1 N–H and O–H groups in total. The van der Waals surface area contributed by atoms with Gasteiger partial charge in [0.05, 0.1) is 23.6 Å². The zero-order valence-corrected chi connectivity index (χ0v) is 9.92. The standard InChI is InChI=1S/C10H11FN2O3S/c1-16-4-5-17(14,15)13-10-3-2-9(11)6-8(10)7-12/h2-3,6,13H,4-5H2,1H3. The van der Waals surface area contributed by atoms with Crippen LogP contribution in [0.5, 0.6) is 0 Å². The number of benzene rings is 1. The molecule has 7 heteroatoms. The minimum Gasteiger partial charge on any atom is -0.384 e. The molecule has 0 saturated heterocycles. The summed E-state index contributed by atoms with van der Waals surface area (Å²) in [5.41, 5.74) is -0.00371. The number of methoxy groups -OCH3 is 1. The molecular formula is C10H11FN2O3S. The van der Waals surface area contributed by atoms with Gasteiger partial charge in [-0.1, -0.05) is 0 Å². The van der Waals surface area contributed by atoms with E-state index in [0.717, 1.165) is 12.1 Å². The van der Waals surface area contributed by atoms with E-state index < -0.39 is 15.8 Å². The number of hydrogen-bond donors (Lipinski definition) is 1. The molecule has 0 aliphatic rings. The summed E-state index contributed by atoms with van der Waals surface area (Å²) in [5, 5.41) is 8.74. The molecule has 0 saturated carbocycles. The van der Waals surface area contributed by atoms with E-state index in [0.29, 0.717) is 0 Å². The maximum atomic E-state index is 12.8. The SMILES string of the molecule is COCCS(=O)(=O)Nc1ccc(F)cc1C#N. The monoisotopic (exact) mass is 258 g/mol. The molecule has 1 aromatic carbocycles. The Balaban J connectivity index is 2.92. The van der Waals surface area contributed by atoms with E-state index in [1.165, 1.54) is 13.2 Å². The van der Waals surface area contributed by atoms with Gasteiger partial charge in [-0.15, -0.1) is 0 Å². The summed E-state index contributed by atoms with van der Waals surface area (Å²) in [5.74, 6) is -0.826. The number of ether oxygens (including phenoxy) is 1. The van der Waals surface area contributed by atoms with E-state index in [9.17, 15) is 12.8 Å². The molecule has 1 aromatic rings. The summed E-state index contributed by atoms with van der Waals surface area (Å²) < 4.78 is 42.7. The number of hydrogen-bond acceptors (Lipinski definition) is 4. The summed E-state index contributed by atoms with van der Waals surface area (Å²) in [6, 6.07) is 4.97. The molecule has 0 aliphatic heterocycles. The lowest BCUT2D eigenvalue weighted by Gasteiger charge is -2.08. The molecule has 0 spiro atoms. The Morgan fingerprint density at radius 2 is 2.24 bits per heavy atom. The van der Waals surface area contributed by atoms with Crippen LogP contribution < -0.4 is 4.72 Å². The quantitative estimate of drug-likeness (QED) is 0.857. The molecule has 0 bridgehead atoms. The van der Waals surface area contributed by atoms with Crippen LogP contribution in [0.1, 0.15) is 5.56 Å². The van der Waals surface area contributed by atoms with Crippen molar-refractivity contribution in [1.82, 2.24) is 0 Å². The van der Waals surface area contributed by atoms with E-state index in [1.807, 2.05) is 0 Å². The Bertz CT molecular complexity index is 537. The van der Waals surface area contributed by atoms with Gasteiger partial charge in [-0.3, -0.25) is 4.72 Å². The van der Waals surface area contributed by atoms with Crippen molar-refractivity contribution < 1.29 is 17.5 Å². The first-order chi connectivity index (χ1) is 7.98. The van der Waals surface area contributed by atoms with Crippen molar-refractivity contribution in [3.05, 3.63) is 29.6 Å². The zero-order valence-electron chi connectivity index (χ0n) is 9.10. The predicted octanol–water partition coefficient (Wildman–Crippen LogP) is 1.09. The highest BCUT2D eigenvalue weighted by Gasteiger charge is 2.13. The molecule has 0 heterocycles. The van der Waals surface area contributed by atoms with Crippen molar-refractivity contribution in [1.29, 1.82) is 5.26 Å². The molecule has 5 nitrogen and oxygen atoms in total. The van der Waals surface area contributed by atoms with Gasteiger partial charge in [-0.05, 0) is 18.2 Å². The fourth-order valence-electron chi connectivity index (χ4n) is 1.11. The van der Waals surface area contributed by atoms with Crippen LogP contribution in [0.3, 0.4) is 0 Å². The van der Waals surface area contributed by atoms with Crippen molar-refractivity contribution in [2.45, 2.75) is 0 Å². The molecule has 0 unspecified atom stereocenters. The number of halogens is 1. The van der Waals surface area contributed by atoms with Crippen molar-refractivity contribution >= 4 is 15.7 Å². The number of nitriles is 1. The molecule has 0 aromatic heterocycles. The van der Waals surface area contributed by atoms with Crippen LogP contribution in [0.25, 0.3) is 0 Å².